The smallest absolute Gasteiger partial charge is 0.244 e. The number of benzene rings is 1. The topological polar surface area (TPSA) is 55.4 Å². The molecule has 0 heterocycles. The predicted octanol–water partition coefficient (Wildman–Crippen LogP) is 2.15. The Morgan fingerprint density at radius 3 is 2.69 bits per heavy atom. The minimum Gasteiger partial charge on any atom is -0.495 e. The summed E-state index contributed by atoms with van der Waals surface area (Å²) in [5, 5.41) is 0. The summed E-state index contributed by atoms with van der Waals surface area (Å²) in [5.74, 6) is 0.340. The Hall–Kier alpha value is -0.590. The second kappa shape index (κ2) is 5.65. The summed E-state index contributed by atoms with van der Waals surface area (Å²) in [6.07, 6.45) is 0.746. The maximum absolute atomic E-state index is 11.9. The lowest BCUT2D eigenvalue weighted by Gasteiger charge is -2.10. The zero-order chi connectivity index (χ0) is 12.2. The Morgan fingerprint density at radius 2 is 2.12 bits per heavy atom. The molecule has 90 valence electrons. The largest absolute Gasteiger partial charge is 0.495 e. The molecule has 1 rings (SSSR count). The molecule has 0 unspecified atom stereocenters. The molecule has 0 aliphatic rings. The first kappa shape index (κ1) is 13.5. The summed E-state index contributed by atoms with van der Waals surface area (Å²) >= 11 is 3.24. The maximum Gasteiger partial charge on any atom is 0.244 e. The van der Waals surface area contributed by atoms with Gasteiger partial charge in [-0.2, -0.15) is 0 Å². The van der Waals surface area contributed by atoms with E-state index >= 15 is 0 Å². The van der Waals surface area contributed by atoms with Crippen LogP contribution in [0, 0.1) is 0 Å². The molecule has 1 aromatic carbocycles. The lowest BCUT2D eigenvalue weighted by Crippen LogP contribution is -2.24. The first-order valence-corrected chi connectivity index (χ1v) is 7.12. The van der Waals surface area contributed by atoms with Gasteiger partial charge in [0.25, 0.3) is 0 Å². The Balaban J connectivity index is 3.15. The second-order valence-corrected chi connectivity index (χ2v) is 5.84. The van der Waals surface area contributed by atoms with Crippen molar-refractivity contribution in [3.05, 3.63) is 22.7 Å². The summed E-state index contributed by atoms with van der Waals surface area (Å²) in [7, 11) is -2.05. The van der Waals surface area contributed by atoms with E-state index in [2.05, 4.69) is 20.7 Å². The van der Waals surface area contributed by atoms with E-state index in [0.717, 1.165) is 6.42 Å². The lowest BCUT2D eigenvalue weighted by molar-refractivity contribution is 0.402. The predicted molar refractivity (Wildman–Crippen MR) is 66.2 cm³/mol. The zero-order valence-corrected chi connectivity index (χ0v) is 11.6. The van der Waals surface area contributed by atoms with Crippen LogP contribution >= 0.6 is 15.9 Å². The van der Waals surface area contributed by atoms with E-state index in [1.807, 2.05) is 6.92 Å². The van der Waals surface area contributed by atoms with Crippen LogP contribution in [0.4, 0.5) is 0 Å². The fourth-order valence-electron chi connectivity index (χ4n) is 1.17. The molecule has 1 N–H and O–H groups in total. The Kier molecular flexibility index (Phi) is 4.76. The highest BCUT2D eigenvalue weighted by Crippen LogP contribution is 2.26. The van der Waals surface area contributed by atoms with Crippen molar-refractivity contribution < 1.29 is 13.2 Å². The number of halogens is 1. The monoisotopic (exact) mass is 307 g/mol. The highest BCUT2D eigenvalue weighted by Gasteiger charge is 2.18. The zero-order valence-electron chi connectivity index (χ0n) is 9.16. The van der Waals surface area contributed by atoms with Gasteiger partial charge in [0.15, 0.2) is 0 Å². The normalized spacial score (nSPS) is 11.4. The third-order valence-corrected chi connectivity index (χ3v) is 3.93. The van der Waals surface area contributed by atoms with Gasteiger partial charge in [0.05, 0.1) is 7.11 Å². The number of rotatable bonds is 5. The average molecular weight is 308 g/mol. The van der Waals surface area contributed by atoms with Crippen LogP contribution in [0.2, 0.25) is 0 Å². The number of sulfonamides is 1. The van der Waals surface area contributed by atoms with Crippen molar-refractivity contribution in [1.29, 1.82) is 0 Å². The fraction of sp³-hybridized carbons (Fsp3) is 0.400. The summed E-state index contributed by atoms with van der Waals surface area (Å²) in [6, 6.07) is 4.87. The fourth-order valence-corrected chi connectivity index (χ4v) is 3.01. The van der Waals surface area contributed by atoms with Gasteiger partial charge in [-0.05, 0) is 24.6 Å². The minimum atomic E-state index is -3.49. The van der Waals surface area contributed by atoms with Crippen LogP contribution in [-0.2, 0) is 10.0 Å². The molecule has 6 heteroatoms. The van der Waals surface area contributed by atoms with Crippen LogP contribution in [0.3, 0.4) is 0 Å². The molecular weight excluding hydrogens is 294 g/mol. The van der Waals surface area contributed by atoms with Crippen LogP contribution in [0.1, 0.15) is 13.3 Å². The van der Waals surface area contributed by atoms with Crippen LogP contribution < -0.4 is 9.46 Å². The molecule has 0 aliphatic heterocycles. The number of hydrogen-bond acceptors (Lipinski definition) is 3. The lowest BCUT2D eigenvalue weighted by atomic mass is 10.3. The molecule has 0 atom stereocenters. The quantitative estimate of drug-likeness (QED) is 0.907. The Bertz CT molecular complexity index is 459. The van der Waals surface area contributed by atoms with E-state index in [0.29, 0.717) is 16.8 Å². The van der Waals surface area contributed by atoms with E-state index < -0.39 is 10.0 Å². The number of methoxy groups -OCH3 is 1. The maximum atomic E-state index is 11.9. The minimum absolute atomic E-state index is 0.151. The first-order chi connectivity index (χ1) is 7.51. The van der Waals surface area contributed by atoms with Gasteiger partial charge >= 0.3 is 0 Å². The summed E-state index contributed by atoms with van der Waals surface area (Å²) < 4.78 is 32.0. The summed E-state index contributed by atoms with van der Waals surface area (Å²) in [5.41, 5.74) is 0. The van der Waals surface area contributed by atoms with Crippen molar-refractivity contribution in [3.8, 4) is 5.75 Å². The molecule has 16 heavy (non-hydrogen) atoms. The standard InChI is InChI=1S/C10H14BrNO3S/c1-3-6-12-16(13,14)10-7-8(11)4-5-9(10)15-2/h4-5,7,12H,3,6H2,1-2H3. The van der Waals surface area contributed by atoms with E-state index in [4.69, 9.17) is 4.74 Å². The Labute approximate surface area is 104 Å². The second-order valence-electron chi connectivity index (χ2n) is 3.19. The van der Waals surface area contributed by atoms with E-state index in [1.165, 1.54) is 13.2 Å². The molecule has 4 nitrogen and oxygen atoms in total. The molecule has 0 aliphatic carbocycles. The highest BCUT2D eigenvalue weighted by atomic mass is 79.9. The summed E-state index contributed by atoms with van der Waals surface area (Å²) in [4.78, 5) is 0.151. The van der Waals surface area contributed by atoms with Gasteiger partial charge in [-0.1, -0.05) is 22.9 Å². The molecule has 0 radical (unpaired) electrons. The summed E-state index contributed by atoms with van der Waals surface area (Å²) in [6.45, 7) is 2.32. The molecule has 1 aromatic rings. The number of hydrogen-bond donors (Lipinski definition) is 1. The molecule has 0 fully saturated rings. The third-order valence-electron chi connectivity index (χ3n) is 1.96. The van der Waals surface area contributed by atoms with Crippen molar-refractivity contribution in [1.82, 2.24) is 4.72 Å². The van der Waals surface area contributed by atoms with Crippen LogP contribution in [0.15, 0.2) is 27.6 Å². The van der Waals surface area contributed by atoms with Crippen molar-refractivity contribution in [3.63, 3.8) is 0 Å². The average Bonchev–Trinajstić information content (AvgIpc) is 2.26. The first-order valence-electron chi connectivity index (χ1n) is 4.84. The van der Waals surface area contributed by atoms with Crippen molar-refractivity contribution in [2.45, 2.75) is 18.2 Å². The molecule has 0 saturated heterocycles. The van der Waals surface area contributed by atoms with Crippen LogP contribution in [0.25, 0.3) is 0 Å². The van der Waals surface area contributed by atoms with Crippen LogP contribution in [-0.4, -0.2) is 22.1 Å². The van der Waals surface area contributed by atoms with Gasteiger partial charge in [0.2, 0.25) is 10.0 Å². The van der Waals surface area contributed by atoms with Crippen molar-refractivity contribution >= 4 is 26.0 Å². The van der Waals surface area contributed by atoms with Gasteiger partial charge in [0, 0.05) is 11.0 Å². The third kappa shape index (κ3) is 3.20. The van der Waals surface area contributed by atoms with Gasteiger partial charge < -0.3 is 4.74 Å². The van der Waals surface area contributed by atoms with Gasteiger partial charge in [-0.3, -0.25) is 0 Å². The molecular formula is C10H14BrNO3S. The number of nitrogens with one attached hydrogen (secondary N) is 1. The Morgan fingerprint density at radius 1 is 1.44 bits per heavy atom. The van der Waals surface area contributed by atoms with Crippen LogP contribution in [0.5, 0.6) is 5.75 Å². The van der Waals surface area contributed by atoms with Crippen molar-refractivity contribution in [2.24, 2.45) is 0 Å². The van der Waals surface area contributed by atoms with Gasteiger partial charge in [-0.25, -0.2) is 13.1 Å². The molecule has 0 aromatic heterocycles. The molecule has 0 saturated carbocycles. The molecule has 0 spiro atoms. The van der Waals surface area contributed by atoms with E-state index in [-0.39, 0.29) is 4.90 Å². The SMILES string of the molecule is CCCNS(=O)(=O)c1cc(Br)ccc1OC. The van der Waals surface area contributed by atoms with Gasteiger partial charge in [0.1, 0.15) is 10.6 Å². The highest BCUT2D eigenvalue weighted by molar-refractivity contribution is 9.10. The van der Waals surface area contributed by atoms with E-state index in [9.17, 15) is 8.42 Å². The van der Waals surface area contributed by atoms with E-state index in [1.54, 1.807) is 12.1 Å². The molecule has 0 bridgehead atoms. The number of ether oxygens (including phenoxy) is 1. The molecule has 0 amide bonds. The van der Waals surface area contributed by atoms with Gasteiger partial charge in [-0.15, -0.1) is 0 Å². The van der Waals surface area contributed by atoms with Crippen molar-refractivity contribution in [2.75, 3.05) is 13.7 Å².